The standard InChI is InChI=1S/C29H41NO7S/c1-25-16-22-28(23-17-25)38(34,35)36-24-14-12-10-8-6-4-2-3-5-7-9-11-13-15-29(31)37-27-20-18-26(19-21-27)30(32)33/h16-23H,2-15,24H2,1H3. The highest BCUT2D eigenvalue weighted by molar-refractivity contribution is 7.86. The van der Waals surface area contributed by atoms with Crippen molar-refractivity contribution in [2.24, 2.45) is 0 Å². The first-order valence-electron chi connectivity index (χ1n) is 13.7. The van der Waals surface area contributed by atoms with Crippen LogP contribution in [0.15, 0.2) is 53.4 Å². The summed E-state index contributed by atoms with van der Waals surface area (Å²) >= 11 is 0. The Labute approximate surface area is 227 Å². The quantitative estimate of drug-likeness (QED) is 0.0417. The summed E-state index contributed by atoms with van der Waals surface area (Å²) in [6, 6.07) is 12.2. The van der Waals surface area contributed by atoms with Gasteiger partial charge in [0.2, 0.25) is 0 Å². The second-order valence-corrected chi connectivity index (χ2v) is 11.3. The summed E-state index contributed by atoms with van der Waals surface area (Å²) in [5.41, 5.74) is 0.984. The minimum Gasteiger partial charge on any atom is -0.427 e. The number of nitro benzene ring substituents is 1. The van der Waals surface area contributed by atoms with Gasteiger partial charge in [-0.25, -0.2) is 0 Å². The van der Waals surface area contributed by atoms with Crippen LogP contribution in [0.4, 0.5) is 5.69 Å². The third-order valence-corrected chi connectivity index (χ3v) is 7.68. The van der Waals surface area contributed by atoms with E-state index in [4.69, 9.17) is 8.92 Å². The van der Waals surface area contributed by atoms with Crippen molar-refractivity contribution in [2.75, 3.05) is 6.61 Å². The van der Waals surface area contributed by atoms with Crippen molar-refractivity contribution < 1.29 is 27.1 Å². The van der Waals surface area contributed by atoms with Gasteiger partial charge in [0.15, 0.2) is 0 Å². The molecule has 0 bridgehead atoms. The molecule has 210 valence electrons. The van der Waals surface area contributed by atoms with E-state index in [2.05, 4.69) is 0 Å². The number of hydrogen-bond acceptors (Lipinski definition) is 7. The van der Waals surface area contributed by atoms with Gasteiger partial charge in [0, 0.05) is 18.6 Å². The highest BCUT2D eigenvalue weighted by Gasteiger charge is 2.14. The first kappa shape index (κ1) is 31.4. The minimum absolute atomic E-state index is 0.0303. The molecule has 0 aliphatic carbocycles. The number of nitro groups is 1. The Morgan fingerprint density at radius 1 is 0.737 bits per heavy atom. The maximum absolute atomic E-state index is 12.1. The molecule has 2 rings (SSSR count). The van der Waals surface area contributed by atoms with E-state index in [0.717, 1.165) is 44.1 Å². The van der Waals surface area contributed by atoms with Gasteiger partial charge in [-0.3, -0.25) is 19.1 Å². The van der Waals surface area contributed by atoms with Crippen molar-refractivity contribution in [3.05, 3.63) is 64.2 Å². The molecule has 0 aromatic heterocycles. The van der Waals surface area contributed by atoms with Gasteiger partial charge in [0.1, 0.15) is 5.75 Å². The van der Waals surface area contributed by atoms with Crippen LogP contribution in [-0.2, 0) is 19.1 Å². The normalized spacial score (nSPS) is 11.4. The van der Waals surface area contributed by atoms with E-state index in [1.807, 2.05) is 6.92 Å². The molecule has 0 amide bonds. The zero-order chi connectivity index (χ0) is 27.6. The summed E-state index contributed by atoms with van der Waals surface area (Å²) in [7, 11) is -3.65. The van der Waals surface area contributed by atoms with E-state index < -0.39 is 15.0 Å². The van der Waals surface area contributed by atoms with Crippen LogP contribution in [0.5, 0.6) is 5.75 Å². The van der Waals surface area contributed by atoms with Crippen molar-refractivity contribution in [3.8, 4) is 5.75 Å². The van der Waals surface area contributed by atoms with Crippen LogP contribution in [0, 0.1) is 17.0 Å². The summed E-state index contributed by atoms with van der Waals surface area (Å²) in [5.74, 6) is 0.0256. The molecule has 2 aromatic carbocycles. The van der Waals surface area contributed by atoms with E-state index in [1.54, 1.807) is 24.3 Å². The Kier molecular flexibility index (Phi) is 14.6. The van der Waals surface area contributed by atoms with Gasteiger partial charge in [0.25, 0.3) is 15.8 Å². The summed E-state index contributed by atoms with van der Waals surface area (Å²) < 4.78 is 34.6. The lowest BCUT2D eigenvalue weighted by Gasteiger charge is -2.06. The average molecular weight is 548 g/mol. The minimum atomic E-state index is -3.65. The molecule has 0 unspecified atom stereocenters. The van der Waals surface area contributed by atoms with Gasteiger partial charge in [-0.05, 0) is 44.0 Å². The average Bonchev–Trinajstić information content (AvgIpc) is 2.89. The SMILES string of the molecule is Cc1ccc(S(=O)(=O)OCCCCCCCCCCCCCCCC(=O)Oc2ccc([N+](=O)[O-])cc2)cc1. The number of rotatable bonds is 20. The Morgan fingerprint density at radius 3 is 1.71 bits per heavy atom. The Balaban J connectivity index is 1.34. The smallest absolute Gasteiger partial charge is 0.311 e. The summed E-state index contributed by atoms with van der Waals surface area (Å²) in [5, 5.41) is 10.6. The van der Waals surface area contributed by atoms with Gasteiger partial charge in [0.05, 0.1) is 16.4 Å². The number of carbonyl (C=O) groups is 1. The molecule has 9 heteroatoms. The fraction of sp³-hybridized carbons (Fsp3) is 0.552. The van der Waals surface area contributed by atoms with E-state index >= 15 is 0 Å². The number of aryl methyl sites for hydroxylation is 1. The lowest BCUT2D eigenvalue weighted by Crippen LogP contribution is -2.07. The van der Waals surface area contributed by atoms with Crippen molar-refractivity contribution >= 4 is 21.8 Å². The van der Waals surface area contributed by atoms with Gasteiger partial charge in [-0.2, -0.15) is 8.42 Å². The number of ether oxygens (including phenoxy) is 1. The molecule has 0 fully saturated rings. The number of non-ortho nitro benzene ring substituents is 1. The lowest BCUT2D eigenvalue weighted by atomic mass is 10.0. The predicted octanol–water partition coefficient (Wildman–Crippen LogP) is 7.68. The van der Waals surface area contributed by atoms with Crippen LogP contribution in [0.3, 0.4) is 0 Å². The van der Waals surface area contributed by atoms with Crippen LogP contribution in [0.25, 0.3) is 0 Å². The van der Waals surface area contributed by atoms with E-state index in [9.17, 15) is 23.3 Å². The van der Waals surface area contributed by atoms with Gasteiger partial charge < -0.3 is 4.74 Å². The zero-order valence-electron chi connectivity index (χ0n) is 22.4. The van der Waals surface area contributed by atoms with Crippen LogP contribution in [0.2, 0.25) is 0 Å². The third-order valence-electron chi connectivity index (χ3n) is 6.35. The molecule has 8 nitrogen and oxygen atoms in total. The second-order valence-electron chi connectivity index (χ2n) is 9.66. The maximum atomic E-state index is 12.1. The monoisotopic (exact) mass is 547 g/mol. The zero-order valence-corrected chi connectivity index (χ0v) is 23.3. The van der Waals surface area contributed by atoms with Gasteiger partial charge in [-0.15, -0.1) is 0 Å². The number of hydrogen-bond donors (Lipinski definition) is 0. The van der Waals surface area contributed by atoms with Crippen molar-refractivity contribution in [1.29, 1.82) is 0 Å². The fourth-order valence-electron chi connectivity index (χ4n) is 4.08. The number of carbonyl (C=O) groups excluding carboxylic acids is 1. The molecule has 0 saturated heterocycles. The molecule has 38 heavy (non-hydrogen) atoms. The summed E-state index contributed by atoms with van der Waals surface area (Å²) in [6.07, 6.45) is 14.5. The van der Waals surface area contributed by atoms with Crippen molar-refractivity contribution in [2.45, 2.75) is 102 Å². The largest absolute Gasteiger partial charge is 0.427 e. The number of nitrogens with zero attached hydrogens (tertiary/aromatic N) is 1. The van der Waals surface area contributed by atoms with Crippen LogP contribution in [0.1, 0.15) is 95.5 Å². The van der Waals surface area contributed by atoms with Gasteiger partial charge >= 0.3 is 5.97 Å². The number of unbranched alkanes of at least 4 members (excludes halogenated alkanes) is 12. The Bertz CT molecular complexity index is 1070. The highest BCUT2D eigenvalue weighted by Crippen LogP contribution is 2.19. The van der Waals surface area contributed by atoms with Crippen LogP contribution >= 0.6 is 0 Å². The molecule has 0 N–H and O–H groups in total. The summed E-state index contributed by atoms with van der Waals surface area (Å²) in [6.45, 7) is 2.15. The fourth-order valence-corrected chi connectivity index (χ4v) is 5.02. The van der Waals surface area contributed by atoms with Crippen molar-refractivity contribution in [3.63, 3.8) is 0 Å². The molecule has 2 aromatic rings. The van der Waals surface area contributed by atoms with Crippen LogP contribution in [-0.4, -0.2) is 25.9 Å². The first-order chi connectivity index (χ1) is 18.3. The predicted molar refractivity (Wildman–Crippen MR) is 148 cm³/mol. The Morgan fingerprint density at radius 2 is 1.21 bits per heavy atom. The summed E-state index contributed by atoms with van der Waals surface area (Å²) in [4.78, 5) is 22.3. The molecule has 0 saturated carbocycles. The molecule has 0 heterocycles. The topological polar surface area (TPSA) is 113 Å². The number of benzene rings is 2. The maximum Gasteiger partial charge on any atom is 0.311 e. The molecule has 0 radical (unpaired) electrons. The molecule has 0 atom stereocenters. The third kappa shape index (κ3) is 13.1. The molecular weight excluding hydrogens is 506 g/mol. The van der Waals surface area contributed by atoms with Crippen LogP contribution < -0.4 is 4.74 Å². The molecule has 0 aliphatic rings. The van der Waals surface area contributed by atoms with E-state index in [0.29, 0.717) is 12.2 Å². The molecular formula is C29H41NO7S. The van der Waals surface area contributed by atoms with Gasteiger partial charge in [-0.1, -0.05) is 88.3 Å². The van der Waals surface area contributed by atoms with Crippen molar-refractivity contribution in [1.82, 2.24) is 0 Å². The van der Waals surface area contributed by atoms with E-state index in [1.165, 1.54) is 69.2 Å². The van der Waals surface area contributed by atoms with E-state index in [-0.39, 0.29) is 23.2 Å². The first-order valence-corrected chi connectivity index (χ1v) is 15.1. The number of esters is 1. The molecule has 0 spiro atoms. The second kappa shape index (κ2) is 17.7. The lowest BCUT2D eigenvalue weighted by molar-refractivity contribution is -0.384. The molecule has 0 aliphatic heterocycles. The highest BCUT2D eigenvalue weighted by atomic mass is 32.2. The Hall–Kier alpha value is -2.78.